The van der Waals surface area contributed by atoms with Crippen molar-refractivity contribution in [3.05, 3.63) is 23.8 Å². The summed E-state index contributed by atoms with van der Waals surface area (Å²) >= 11 is 0. The van der Waals surface area contributed by atoms with Crippen LogP contribution in [0.25, 0.3) is 0 Å². The van der Waals surface area contributed by atoms with E-state index >= 15 is 0 Å². The van der Waals surface area contributed by atoms with Crippen molar-refractivity contribution in [2.45, 2.75) is 52.2 Å². The van der Waals surface area contributed by atoms with Crippen LogP contribution in [0.15, 0.2) is 18.2 Å². The molecule has 1 aliphatic heterocycles. The van der Waals surface area contributed by atoms with E-state index in [9.17, 15) is 4.79 Å². The highest BCUT2D eigenvalue weighted by atomic mass is 16.5. The van der Waals surface area contributed by atoms with Crippen molar-refractivity contribution >= 4 is 11.5 Å². The van der Waals surface area contributed by atoms with Crippen LogP contribution in [0, 0.1) is 0 Å². The Morgan fingerprint density at radius 3 is 2.95 bits per heavy atom. The minimum Gasteiger partial charge on any atom is -0.484 e. The molecule has 0 amide bonds. The van der Waals surface area contributed by atoms with Gasteiger partial charge in [-0.1, -0.05) is 13.3 Å². The van der Waals surface area contributed by atoms with E-state index in [2.05, 4.69) is 17.6 Å². The third kappa shape index (κ3) is 3.97. The molecule has 4 nitrogen and oxygen atoms in total. The highest BCUT2D eigenvalue weighted by molar-refractivity contribution is 6.01. The number of ether oxygens (including phenoxy) is 1. The SMILES string of the molecule is CCCCNC(C)C(=O)c1ccc2c(c1)NCC(C)(C)O2. The molecule has 0 fully saturated rings. The first kappa shape index (κ1) is 15.8. The summed E-state index contributed by atoms with van der Waals surface area (Å²) in [6.45, 7) is 9.77. The normalized spacial score (nSPS) is 17.3. The number of carbonyl (C=O) groups is 1. The Morgan fingerprint density at radius 1 is 1.48 bits per heavy atom. The fraction of sp³-hybridized carbons (Fsp3) is 0.588. The number of ketones is 1. The molecule has 0 aliphatic carbocycles. The van der Waals surface area contributed by atoms with Crippen LogP contribution in [0.4, 0.5) is 5.69 Å². The third-order valence-corrected chi connectivity index (χ3v) is 3.73. The van der Waals surface area contributed by atoms with Gasteiger partial charge in [-0.25, -0.2) is 0 Å². The Bertz CT molecular complexity index is 512. The van der Waals surface area contributed by atoms with Crippen LogP contribution in [-0.4, -0.2) is 30.5 Å². The number of benzene rings is 1. The van der Waals surface area contributed by atoms with Crippen molar-refractivity contribution in [2.75, 3.05) is 18.4 Å². The lowest BCUT2D eigenvalue weighted by Crippen LogP contribution is -2.40. The standard InChI is InChI=1S/C17H26N2O2/c1-5-6-9-18-12(2)16(20)13-7-8-15-14(10-13)19-11-17(3,4)21-15/h7-8,10,12,18-19H,5-6,9,11H2,1-4H3. The van der Waals surface area contributed by atoms with Gasteiger partial charge in [0.2, 0.25) is 0 Å². The predicted octanol–water partition coefficient (Wildman–Crippen LogP) is 3.23. The van der Waals surface area contributed by atoms with Crippen LogP contribution < -0.4 is 15.4 Å². The zero-order valence-electron chi connectivity index (χ0n) is 13.5. The van der Waals surface area contributed by atoms with E-state index < -0.39 is 0 Å². The van der Waals surface area contributed by atoms with Gasteiger partial charge in [0.25, 0.3) is 0 Å². The molecule has 2 N–H and O–H groups in total. The molecule has 4 heteroatoms. The zero-order chi connectivity index (χ0) is 15.5. The van der Waals surface area contributed by atoms with Gasteiger partial charge in [0, 0.05) is 5.56 Å². The molecule has 21 heavy (non-hydrogen) atoms. The molecule has 0 saturated heterocycles. The lowest BCUT2D eigenvalue weighted by atomic mass is 10.0. The number of fused-ring (bicyclic) bond motifs is 1. The average Bonchev–Trinajstić information content (AvgIpc) is 2.45. The van der Waals surface area contributed by atoms with Crippen molar-refractivity contribution in [3.63, 3.8) is 0 Å². The molecule has 0 spiro atoms. The van der Waals surface area contributed by atoms with Gasteiger partial charge >= 0.3 is 0 Å². The number of rotatable bonds is 6. The topological polar surface area (TPSA) is 50.4 Å². The average molecular weight is 290 g/mol. The van der Waals surface area contributed by atoms with Gasteiger partial charge in [-0.3, -0.25) is 4.79 Å². The Hall–Kier alpha value is -1.55. The molecule has 1 aromatic carbocycles. The van der Waals surface area contributed by atoms with Gasteiger partial charge in [-0.2, -0.15) is 0 Å². The fourth-order valence-electron chi connectivity index (χ4n) is 2.39. The lowest BCUT2D eigenvalue weighted by Gasteiger charge is -2.33. The van der Waals surface area contributed by atoms with E-state index in [1.165, 1.54) is 0 Å². The molecule has 1 aromatic rings. The molecular formula is C17H26N2O2. The van der Waals surface area contributed by atoms with Gasteiger partial charge in [0.1, 0.15) is 11.4 Å². The number of hydrogen-bond acceptors (Lipinski definition) is 4. The number of nitrogens with one attached hydrogen (secondary N) is 2. The van der Waals surface area contributed by atoms with Crippen LogP contribution in [0.3, 0.4) is 0 Å². The van der Waals surface area contributed by atoms with E-state index in [1.54, 1.807) is 0 Å². The van der Waals surface area contributed by atoms with Crippen LogP contribution in [0.1, 0.15) is 50.9 Å². The summed E-state index contributed by atoms with van der Waals surface area (Å²) in [5.41, 5.74) is 1.41. The lowest BCUT2D eigenvalue weighted by molar-refractivity contribution is 0.0950. The summed E-state index contributed by atoms with van der Waals surface area (Å²) in [6.07, 6.45) is 2.22. The maximum absolute atomic E-state index is 12.4. The number of hydrogen-bond donors (Lipinski definition) is 2. The fourth-order valence-corrected chi connectivity index (χ4v) is 2.39. The van der Waals surface area contributed by atoms with E-state index in [4.69, 9.17) is 4.74 Å². The molecule has 0 bridgehead atoms. The van der Waals surface area contributed by atoms with Crippen LogP contribution >= 0.6 is 0 Å². The van der Waals surface area contributed by atoms with Crippen LogP contribution in [0.2, 0.25) is 0 Å². The summed E-state index contributed by atoms with van der Waals surface area (Å²) in [4.78, 5) is 12.4. The first-order valence-corrected chi connectivity index (χ1v) is 7.77. The molecule has 1 aliphatic rings. The van der Waals surface area contributed by atoms with E-state index in [0.717, 1.165) is 42.9 Å². The molecule has 0 aromatic heterocycles. The molecule has 0 saturated carbocycles. The minimum absolute atomic E-state index is 0.125. The predicted molar refractivity (Wildman–Crippen MR) is 86.3 cm³/mol. The van der Waals surface area contributed by atoms with E-state index in [0.29, 0.717) is 0 Å². The summed E-state index contributed by atoms with van der Waals surface area (Å²) in [7, 11) is 0. The first-order chi connectivity index (χ1) is 9.93. The second-order valence-electron chi connectivity index (χ2n) is 6.32. The van der Waals surface area contributed by atoms with Gasteiger partial charge in [0.05, 0.1) is 18.3 Å². The first-order valence-electron chi connectivity index (χ1n) is 7.77. The highest BCUT2D eigenvalue weighted by Crippen LogP contribution is 2.33. The smallest absolute Gasteiger partial charge is 0.179 e. The second kappa shape index (κ2) is 6.48. The van der Waals surface area contributed by atoms with E-state index in [-0.39, 0.29) is 17.4 Å². The number of unbranched alkanes of at least 4 members (excludes halogenated alkanes) is 1. The van der Waals surface area contributed by atoms with Crippen LogP contribution in [0.5, 0.6) is 5.75 Å². The Balaban J connectivity index is 2.06. The Morgan fingerprint density at radius 2 is 2.24 bits per heavy atom. The maximum atomic E-state index is 12.4. The van der Waals surface area contributed by atoms with Crippen molar-refractivity contribution in [3.8, 4) is 5.75 Å². The molecular weight excluding hydrogens is 264 g/mol. The van der Waals surface area contributed by atoms with Gasteiger partial charge in [-0.05, 0) is 51.9 Å². The van der Waals surface area contributed by atoms with Gasteiger partial charge < -0.3 is 15.4 Å². The van der Waals surface area contributed by atoms with Crippen molar-refractivity contribution in [1.29, 1.82) is 0 Å². The minimum atomic E-state index is -0.215. The quantitative estimate of drug-likeness (QED) is 0.624. The van der Waals surface area contributed by atoms with Crippen LogP contribution in [-0.2, 0) is 0 Å². The Kier molecular flexibility index (Phi) is 4.88. The summed E-state index contributed by atoms with van der Waals surface area (Å²) in [5.74, 6) is 0.940. The van der Waals surface area contributed by atoms with Gasteiger partial charge in [-0.15, -0.1) is 0 Å². The third-order valence-electron chi connectivity index (χ3n) is 3.73. The Labute approximate surface area is 127 Å². The van der Waals surface area contributed by atoms with Gasteiger partial charge in [0.15, 0.2) is 5.78 Å². The van der Waals surface area contributed by atoms with Crippen molar-refractivity contribution < 1.29 is 9.53 Å². The zero-order valence-corrected chi connectivity index (χ0v) is 13.5. The molecule has 1 unspecified atom stereocenters. The monoisotopic (exact) mass is 290 g/mol. The highest BCUT2D eigenvalue weighted by Gasteiger charge is 2.27. The van der Waals surface area contributed by atoms with E-state index in [1.807, 2.05) is 39.0 Å². The molecule has 0 radical (unpaired) electrons. The molecule has 1 heterocycles. The largest absolute Gasteiger partial charge is 0.484 e. The van der Waals surface area contributed by atoms with Crippen molar-refractivity contribution in [1.82, 2.24) is 5.32 Å². The summed E-state index contributed by atoms with van der Waals surface area (Å²) in [5, 5.41) is 6.62. The number of anilines is 1. The molecule has 2 rings (SSSR count). The number of Topliss-reactive ketones (excluding diaryl/α,β-unsaturated/α-hetero) is 1. The molecule has 116 valence electrons. The maximum Gasteiger partial charge on any atom is 0.179 e. The summed E-state index contributed by atoms with van der Waals surface area (Å²) < 4.78 is 5.90. The second-order valence-corrected chi connectivity index (χ2v) is 6.32. The molecule has 1 atom stereocenters. The van der Waals surface area contributed by atoms with Crippen molar-refractivity contribution in [2.24, 2.45) is 0 Å². The summed E-state index contributed by atoms with van der Waals surface area (Å²) in [6, 6.07) is 5.47. The number of carbonyl (C=O) groups excluding carboxylic acids is 1.